The second kappa shape index (κ2) is 5.18. The number of carbonyl (C=O) groups is 1. The molecule has 0 aliphatic heterocycles. The highest BCUT2D eigenvalue weighted by Gasteiger charge is 2.06. The number of nitrogens with one attached hydrogen (secondary N) is 1. The Morgan fingerprint density at radius 3 is 2.53 bits per heavy atom. The number of rotatable bonds is 5. The van der Waals surface area contributed by atoms with Crippen LogP contribution in [-0.4, -0.2) is 20.6 Å². The van der Waals surface area contributed by atoms with Crippen LogP contribution >= 0.6 is 0 Å². The fourth-order valence-electron chi connectivity index (χ4n) is 1.46. The van der Waals surface area contributed by atoms with E-state index in [4.69, 9.17) is 5.73 Å². The molecule has 94 valence electrons. The van der Waals surface area contributed by atoms with E-state index >= 15 is 0 Å². The molecule has 0 atom stereocenters. The molecule has 1 aromatic rings. The Labute approximate surface area is 101 Å². The zero-order valence-corrected chi connectivity index (χ0v) is 10.7. The Morgan fingerprint density at radius 2 is 2.06 bits per heavy atom. The van der Waals surface area contributed by atoms with Crippen molar-refractivity contribution >= 4 is 21.6 Å². The lowest BCUT2D eigenvalue weighted by atomic mass is 10.1. The van der Waals surface area contributed by atoms with Crippen LogP contribution in [0.25, 0.3) is 0 Å². The monoisotopic (exact) mass is 256 g/mol. The van der Waals surface area contributed by atoms with Crippen molar-refractivity contribution in [3.8, 4) is 0 Å². The quantitative estimate of drug-likeness (QED) is 0.816. The first-order valence-electron chi connectivity index (χ1n) is 5.13. The Morgan fingerprint density at radius 1 is 1.41 bits per heavy atom. The molecule has 6 heteroatoms. The van der Waals surface area contributed by atoms with Gasteiger partial charge in [-0.3, -0.25) is 9.52 Å². The van der Waals surface area contributed by atoms with Crippen molar-refractivity contribution in [1.29, 1.82) is 0 Å². The molecule has 1 amide bonds. The zero-order valence-electron chi connectivity index (χ0n) is 9.86. The van der Waals surface area contributed by atoms with E-state index in [-0.39, 0.29) is 12.3 Å². The van der Waals surface area contributed by atoms with Gasteiger partial charge in [0.15, 0.2) is 0 Å². The van der Waals surface area contributed by atoms with Crippen LogP contribution in [0.3, 0.4) is 0 Å². The zero-order chi connectivity index (χ0) is 13.1. The third-order valence-corrected chi connectivity index (χ3v) is 2.84. The highest BCUT2D eigenvalue weighted by Crippen LogP contribution is 2.18. The van der Waals surface area contributed by atoms with Gasteiger partial charge in [-0.1, -0.05) is 12.1 Å². The maximum Gasteiger partial charge on any atom is 0.229 e. The summed E-state index contributed by atoms with van der Waals surface area (Å²) >= 11 is 0. The Kier molecular flexibility index (Phi) is 4.11. The number of hydrogen-bond acceptors (Lipinski definition) is 3. The average Bonchev–Trinajstić information content (AvgIpc) is 2.17. The standard InChI is InChI=1S/C11H16N2O3S/c1-8-7-9(4-6-11(12)14)3-5-10(8)13-17(2,15)16/h3,5,7,13H,4,6H2,1-2H3,(H2,12,14). The lowest BCUT2D eigenvalue weighted by Gasteiger charge is -2.09. The van der Waals surface area contributed by atoms with Crippen LogP contribution in [0.1, 0.15) is 17.5 Å². The number of hydrogen-bond donors (Lipinski definition) is 2. The third-order valence-electron chi connectivity index (χ3n) is 2.25. The van der Waals surface area contributed by atoms with Crippen LogP contribution in [-0.2, 0) is 21.2 Å². The molecule has 0 fully saturated rings. The normalized spacial score (nSPS) is 11.2. The van der Waals surface area contributed by atoms with Crippen molar-refractivity contribution in [1.82, 2.24) is 0 Å². The summed E-state index contributed by atoms with van der Waals surface area (Å²) in [5.41, 5.74) is 7.39. The number of aryl methyl sites for hydroxylation is 2. The summed E-state index contributed by atoms with van der Waals surface area (Å²) in [6.45, 7) is 1.81. The maximum absolute atomic E-state index is 11.1. The molecule has 0 spiro atoms. The lowest BCUT2D eigenvalue weighted by molar-refractivity contribution is -0.117. The van der Waals surface area contributed by atoms with E-state index in [9.17, 15) is 13.2 Å². The van der Waals surface area contributed by atoms with Gasteiger partial charge in [0.25, 0.3) is 0 Å². The van der Waals surface area contributed by atoms with Crippen LogP contribution in [0.2, 0.25) is 0 Å². The first kappa shape index (κ1) is 13.5. The van der Waals surface area contributed by atoms with Crippen molar-refractivity contribution in [3.05, 3.63) is 29.3 Å². The number of amides is 1. The molecule has 17 heavy (non-hydrogen) atoms. The van der Waals surface area contributed by atoms with Crippen LogP contribution in [0.15, 0.2) is 18.2 Å². The Bertz CT molecular complexity index is 524. The molecule has 0 heterocycles. The van der Waals surface area contributed by atoms with Crippen molar-refractivity contribution in [2.75, 3.05) is 11.0 Å². The summed E-state index contributed by atoms with van der Waals surface area (Å²) in [5, 5.41) is 0. The summed E-state index contributed by atoms with van der Waals surface area (Å²) in [4.78, 5) is 10.6. The fourth-order valence-corrected chi connectivity index (χ4v) is 2.09. The smallest absolute Gasteiger partial charge is 0.229 e. The fraction of sp³-hybridized carbons (Fsp3) is 0.364. The van der Waals surface area contributed by atoms with Crippen LogP contribution in [0.5, 0.6) is 0 Å². The van der Waals surface area contributed by atoms with Gasteiger partial charge in [0.2, 0.25) is 15.9 Å². The number of sulfonamides is 1. The topological polar surface area (TPSA) is 89.3 Å². The second-order valence-corrected chi connectivity index (χ2v) is 5.74. The first-order chi connectivity index (χ1) is 7.78. The predicted molar refractivity (Wildman–Crippen MR) is 67.2 cm³/mol. The second-order valence-electron chi connectivity index (χ2n) is 3.99. The van der Waals surface area contributed by atoms with Gasteiger partial charge in [-0.05, 0) is 30.5 Å². The Hall–Kier alpha value is -1.56. The minimum absolute atomic E-state index is 0.290. The van der Waals surface area contributed by atoms with E-state index in [0.29, 0.717) is 12.1 Å². The van der Waals surface area contributed by atoms with Gasteiger partial charge in [0, 0.05) is 6.42 Å². The van der Waals surface area contributed by atoms with Crippen molar-refractivity contribution in [3.63, 3.8) is 0 Å². The molecule has 0 aliphatic carbocycles. The molecule has 1 rings (SSSR count). The van der Waals surface area contributed by atoms with Gasteiger partial charge in [0.05, 0.1) is 11.9 Å². The van der Waals surface area contributed by atoms with E-state index in [0.717, 1.165) is 17.4 Å². The number of anilines is 1. The number of primary amides is 1. The molecule has 0 unspecified atom stereocenters. The lowest BCUT2D eigenvalue weighted by Crippen LogP contribution is -2.12. The number of carbonyl (C=O) groups excluding carboxylic acids is 1. The molecule has 0 bridgehead atoms. The minimum Gasteiger partial charge on any atom is -0.370 e. The minimum atomic E-state index is -3.26. The molecule has 0 aromatic heterocycles. The van der Waals surface area contributed by atoms with Gasteiger partial charge in [-0.2, -0.15) is 0 Å². The average molecular weight is 256 g/mol. The summed E-state index contributed by atoms with van der Waals surface area (Å²) in [6.07, 6.45) is 1.96. The van der Waals surface area contributed by atoms with E-state index in [1.54, 1.807) is 19.1 Å². The maximum atomic E-state index is 11.1. The van der Waals surface area contributed by atoms with Gasteiger partial charge in [-0.25, -0.2) is 8.42 Å². The highest BCUT2D eigenvalue weighted by atomic mass is 32.2. The van der Waals surface area contributed by atoms with Gasteiger partial charge >= 0.3 is 0 Å². The molecular weight excluding hydrogens is 240 g/mol. The molecule has 0 aliphatic rings. The molecule has 0 saturated carbocycles. The van der Waals surface area contributed by atoms with Gasteiger partial charge in [0.1, 0.15) is 0 Å². The summed E-state index contributed by atoms with van der Waals surface area (Å²) in [6, 6.07) is 5.31. The number of nitrogens with two attached hydrogens (primary N) is 1. The highest BCUT2D eigenvalue weighted by molar-refractivity contribution is 7.92. The van der Waals surface area contributed by atoms with E-state index < -0.39 is 10.0 Å². The molecule has 3 N–H and O–H groups in total. The summed E-state index contributed by atoms with van der Waals surface area (Å²) < 4.78 is 24.6. The third kappa shape index (κ3) is 4.86. The molecule has 1 aromatic carbocycles. The van der Waals surface area contributed by atoms with Crippen molar-refractivity contribution in [2.24, 2.45) is 5.73 Å². The SMILES string of the molecule is Cc1cc(CCC(N)=O)ccc1NS(C)(=O)=O. The van der Waals surface area contributed by atoms with Crippen LogP contribution in [0, 0.1) is 6.92 Å². The first-order valence-corrected chi connectivity index (χ1v) is 7.03. The molecular formula is C11H16N2O3S. The van der Waals surface area contributed by atoms with E-state index in [1.165, 1.54) is 0 Å². The molecule has 0 radical (unpaired) electrons. The van der Waals surface area contributed by atoms with Crippen LogP contribution in [0.4, 0.5) is 5.69 Å². The van der Waals surface area contributed by atoms with E-state index in [2.05, 4.69) is 4.72 Å². The molecule has 0 saturated heterocycles. The number of benzene rings is 1. The Balaban J connectivity index is 2.83. The van der Waals surface area contributed by atoms with Crippen molar-refractivity contribution < 1.29 is 13.2 Å². The summed E-state index contributed by atoms with van der Waals surface area (Å²) in [7, 11) is -3.26. The van der Waals surface area contributed by atoms with Gasteiger partial charge in [-0.15, -0.1) is 0 Å². The van der Waals surface area contributed by atoms with Crippen LogP contribution < -0.4 is 10.5 Å². The van der Waals surface area contributed by atoms with E-state index in [1.807, 2.05) is 6.07 Å². The molecule has 5 nitrogen and oxygen atoms in total. The summed E-state index contributed by atoms with van der Waals surface area (Å²) in [5.74, 6) is -0.346. The van der Waals surface area contributed by atoms with Crippen molar-refractivity contribution in [2.45, 2.75) is 19.8 Å². The predicted octanol–water partition coefficient (Wildman–Crippen LogP) is 0.784. The largest absolute Gasteiger partial charge is 0.370 e. The van der Waals surface area contributed by atoms with Gasteiger partial charge < -0.3 is 5.73 Å².